The zero-order chi connectivity index (χ0) is 14.8. The molecule has 1 saturated carbocycles. The zero-order valence-electron chi connectivity index (χ0n) is 12.1. The van der Waals surface area contributed by atoms with Crippen molar-refractivity contribution in [2.45, 2.75) is 30.3 Å². The SMILES string of the molecule is O=C1[C@H]2C[C@@]3(c4ccccc4)O[C@@H]1[C@@](c1ccccc1)(C2)O3. The summed E-state index contributed by atoms with van der Waals surface area (Å²) in [5.41, 5.74) is 1.44. The molecule has 3 heteroatoms. The summed E-state index contributed by atoms with van der Waals surface area (Å²) in [4.78, 5) is 12.6. The summed E-state index contributed by atoms with van der Waals surface area (Å²) in [7, 11) is 0. The average molecular weight is 292 g/mol. The Morgan fingerprint density at radius 3 is 2.18 bits per heavy atom. The molecule has 22 heavy (non-hydrogen) atoms. The first-order valence-corrected chi connectivity index (χ1v) is 7.76. The molecule has 4 atom stereocenters. The number of Topliss-reactive ketones (excluding diaryl/α,β-unsaturated/α-hetero) is 1. The Hall–Kier alpha value is -1.97. The summed E-state index contributed by atoms with van der Waals surface area (Å²) in [6.45, 7) is 0. The Labute approximate surface area is 128 Å². The number of carbonyl (C=O) groups excluding carboxylic acids is 1. The molecule has 0 N–H and O–H groups in total. The van der Waals surface area contributed by atoms with Crippen LogP contribution in [0.2, 0.25) is 0 Å². The Balaban J connectivity index is 1.67. The summed E-state index contributed by atoms with van der Waals surface area (Å²) in [5.74, 6) is -0.528. The molecule has 3 saturated heterocycles. The van der Waals surface area contributed by atoms with Crippen molar-refractivity contribution < 1.29 is 14.3 Å². The molecule has 3 aliphatic heterocycles. The third-order valence-corrected chi connectivity index (χ3v) is 5.28. The van der Waals surface area contributed by atoms with Crippen molar-refractivity contribution in [1.29, 1.82) is 0 Å². The molecule has 4 aliphatic rings. The molecule has 2 aromatic rings. The third-order valence-electron chi connectivity index (χ3n) is 5.28. The van der Waals surface area contributed by atoms with Crippen LogP contribution in [0.15, 0.2) is 60.7 Å². The maximum absolute atomic E-state index is 12.6. The molecule has 0 unspecified atom stereocenters. The van der Waals surface area contributed by atoms with Gasteiger partial charge in [-0.15, -0.1) is 0 Å². The molecule has 4 bridgehead atoms. The minimum Gasteiger partial charge on any atom is -0.331 e. The van der Waals surface area contributed by atoms with E-state index in [0.717, 1.165) is 17.5 Å². The van der Waals surface area contributed by atoms with Crippen LogP contribution in [0.1, 0.15) is 24.0 Å². The van der Waals surface area contributed by atoms with Gasteiger partial charge in [-0.1, -0.05) is 60.7 Å². The second-order valence-electron chi connectivity index (χ2n) is 6.48. The highest BCUT2D eigenvalue weighted by atomic mass is 16.8. The van der Waals surface area contributed by atoms with Crippen LogP contribution in [0.4, 0.5) is 0 Å². The van der Waals surface area contributed by atoms with Gasteiger partial charge in [-0.3, -0.25) is 4.79 Å². The predicted molar refractivity (Wildman–Crippen MR) is 79.9 cm³/mol. The van der Waals surface area contributed by atoms with E-state index in [1.54, 1.807) is 0 Å². The molecular formula is C19H16O3. The maximum atomic E-state index is 12.6. The molecule has 0 amide bonds. The molecule has 0 radical (unpaired) electrons. The average Bonchev–Trinajstić information content (AvgIpc) is 2.94. The van der Waals surface area contributed by atoms with E-state index in [0.29, 0.717) is 6.42 Å². The largest absolute Gasteiger partial charge is 0.331 e. The fourth-order valence-corrected chi connectivity index (χ4v) is 4.35. The van der Waals surface area contributed by atoms with Crippen LogP contribution >= 0.6 is 0 Å². The molecule has 2 aromatic carbocycles. The van der Waals surface area contributed by atoms with Gasteiger partial charge < -0.3 is 9.47 Å². The fourth-order valence-electron chi connectivity index (χ4n) is 4.35. The Bertz CT molecular complexity index is 740. The number of ketones is 1. The highest BCUT2D eigenvalue weighted by Crippen LogP contribution is 2.63. The van der Waals surface area contributed by atoms with Gasteiger partial charge >= 0.3 is 0 Å². The summed E-state index contributed by atoms with van der Waals surface area (Å²) < 4.78 is 12.7. The van der Waals surface area contributed by atoms with Gasteiger partial charge in [-0.25, -0.2) is 0 Å². The third kappa shape index (κ3) is 1.40. The van der Waals surface area contributed by atoms with Gasteiger partial charge in [0, 0.05) is 17.9 Å². The van der Waals surface area contributed by atoms with E-state index in [2.05, 4.69) is 0 Å². The Kier molecular flexibility index (Phi) is 2.32. The van der Waals surface area contributed by atoms with Crippen LogP contribution in [-0.4, -0.2) is 11.9 Å². The van der Waals surface area contributed by atoms with E-state index in [-0.39, 0.29) is 11.7 Å². The van der Waals surface area contributed by atoms with E-state index in [9.17, 15) is 4.79 Å². The van der Waals surface area contributed by atoms with Crippen molar-refractivity contribution in [3.8, 4) is 0 Å². The molecule has 3 nitrogen and oxygen atoms in total. The maximum Gasteiger partial charge on any atom is 0.197 e. The van der Waals surface area contributed by atoms with E-state index in [4.69, 9.17) is 9.47 Å². The lowest BCUT2D eigenvalue weighted by atomic mass is 9.84. The van der Waals surface area contributed by atoms with Crippen molar-refractivity contribution in [3.63, 3.8) is 0 Å². The van der Waals surface area contributed by atoms with Gasteiger partial charge in [-0.05, 0) is 12.0 Å². The number of benzene rings is 2. The molecule has 6 rings (SSSR count). The van der Waals surface area contributed by atoms with Crippen molar-refractivity contribution in [2.75, 3.05) is 0 Å². The molecule has 110 valence electrons. The van der Waals surface area contributed by atoms with Crippen LogP contribution in [0.5, 0.6) is 0 Å². The second-order valence-corrected chi connectivity index (χ2v) is 6.48. The Morgan fingerprint density at radius 2 is 1.50 bits per heavy atom. The monoisotopic (exact) mass is 292 g/mol. The molecular weight excluding hydrogens is 276 g/mol. The topological polar surface area (TPSA) is 35.5 Å². The minimum atomic E-state index is -0.765. The summed E-state index contributed by atoms with van der Waals surface area (Å²) in [6, 6.07) is 20.1. The van der Waals surface area contributed by atoms with Crippen LogP contribution in [0.3, 0.4) is 0 Å². The molecule has 4 fully saturated rings. The van der Waals surface area contributed by atoms with Gasteiger partial charge in [0.1, 0.15) is 5.60 Å². The van der Waals surface area contributed by atoms with Gasteiger partial charge in [0.15, 0.2) is 17.7 Å². The van der Waals surface area contributed by atoms with Crippen LogP contribution < -0.4 is 0 Å². The minimum absolute atomic E-state index is 0.0351. The molecule has 3 heterocycles. The van der Waals surface area contributed by atoms with E-state index >= 15 is 0 Å². The van der Waals surface area contributed by atoms with Crippen molar-refractivity contribution in [3.05, 3.63) is 71.8 Å². The number of carbonyl (C=O) groups is 1. The van der Waals surface area contributed by atoms with Gasteiger partial charge in [-0.2, -0.15) is 0 Å². The quantitative estimate of drug-likeness (QED) is 0.853. The Morgan fingerprint density at radius 1 is 0.864 bits per heavy atom. The highest BCUT2D eigenvalue weighted by Gasteiger charge is 2.72. The van der Waals surface area contributed by atoms with E-state index < -0.39 is 17.5 Å². The lowest BCUT2D eigenvalue weighted by Crippen LogP contribution is -2.40. The zero-order valence-corrected chi connectivity index (χ0v) is 12.1. The van der Waals surface area contributed by atoms with Gasteiger partial charge in [0.05, 0.1) is 0 Å². The summed E-state index contributed by atoms with van der Waals surface area (Å²) in [5, 5.41) is 0. The van der Waals surface area contributed by atoms with Crippen LogP contribution in [0.25, 0.3) is 0 Å². The number of ether oxygens (including phenoxy) is 2. The molecule has 0 aromatic heterocycles. The van der Waals surface area contributed by atoms with Crippen molar-refractivity contribution in [1.82, 2.24) is 0 Å². The van der Waals surface area contributed by atoms with Crippen molar-refractivity contribution in [2.24, 2.45) is 5.92 Å². The van der Waals surface area contributed by atoms with Gasteiger partial charge in [0.2, 0.25) is 0 Å². The standard InChI is InChI=1S/C19H16O3/c20-16-13-11-18(14-7-3-1-4-8-14)17(16)21-19(12-13,22-18)15-9-5-2-6-10-15/h1-10,13,17H,11-12H2/t13-,17+,18+,19-/m1/s1. The smallest absolute Gasteiger partial charge is 0.197 e. The lowest BCUT2D eigenvalue weighted by molar-refractivity contribution is -0.243. The van der Waals surface area contributed by atoms with Crippen molar-refractivity contribution >= 4 is 5.78 Å². The first-order chi connectivity index (χ1) is 10.7. The summed E-state index contributed by atoms with van der Waals surface area (Å²) in [6.07, 6.45) is 0.879. The summed E-state index contributed by atoms with van der Waals surface area (Å²) >= 11 is 0. The van der Waals surface area contributed by atoms with Gasteiger partial charge in [0.25, 0.3) is 0 Å². The van der Waals surface area contributed by atoms with Crippen LogP contribution in [-0.2, 0) is 25.7 Å². The normalized spacial score (nSPS) is 38.6. The van der Waals surface area contributed by atoms with E-state index in [1.807, 2.05) is 60.7 Å². The second kappa shape index (κ2) is 4.06. The van der Waals surface area contributed by atoms with Crippen LogP contribution in [0, 0.1) is 5.92 Å². The van der Waals surface area contributed by atoms with E-state index in [1.165, 1.54) is 0 Å². The first kappa shape index (κ1) is 12.6. The highest BCUT2D eigenvalue weighted by molar-refractivity contribution is 5.91. The molecule has 1 aliphatic carbocycles. The number of hydrogen-bond donors (Lipinski definition) is 0. The fraction of sp³-hybridized carbons (Fsp3) is 0.316. The first-order valence-electron chi connectivity index (χ1n) is 7.76. The number of hydrogen-bond acceptors (Lipinski definition) is 3. The lowest BCUT2D eigenvalue weighted by Gasteiger charge is -2.39. The predicted octanol–water partition coefficient (Wildman–Crippen LogP) is 3.14. The number of rotatable bonds is 2. The molecule has 0 spiro atoms.